The van der Waals surface area contributed by atoms with Gasteiger partial charge in [0.15, 0.2) is 11.5 Å². The average Bonchev–Trinajstić information content (AvgIpc) is 3.31. The minimum Gasteiger partial charge on any atom is -0.494 e. The van der Waals surface area contributed by atoms with Gasteiger partial charge in [-0.2, -0.15) is 0 Å². The van der Waals surface area contributed by atoms with E-state index in [2.05, 4.69) is 48.0 Å². The van der Waals surface area contributed by atoms with Crippen LogP contribution in [0.15, 0.2) is 42.5 Å². The summed E-state index contributed by atoms with van der Waals surface area (Å²) < 4.78 is 16.6. The summed E-state index contributed by atoms with van der Waals surface area (Å²) in [4.78, 5) is 4.68. The second-order valence-corrected chi connectivity index (χ2v) is 9.37. The first-order valence-corrected chi connectivity index (χ1v) is 12.3. The predicted molar refractivity (Wildman–Crippen MR) is 132 cm³/mol. The summed E-state index contributed by atoms with van der Waals surface area (Å²) in [6, 6.07) is 14.5. The van der Waals surface area contributed by atoms with Crippen LogP contribution in [0.25, 0.3) is 0 Å². The lowest BCUT2D eigenvalue weighted by molar-refractivity contribution is -0.0254. The maximum atomic E-state index is 11.1. The van der Waals surface area contributed by atoms with Crippen LogP contribution in [-0.2, 0) is 6.42 Å². The van der Waals surface area contributed by atoms with Gasteiger partial charge in [-0.15, -0.1) is 0 Å². The topological polar surface area (TPSA) is 54.4 Å². The van der Waals surface area contributed by atoms with Crippen molar-refractivity contribution in [2.24, 2.45) is 0 Å². The Morgan fingerprint density at radius 1 is 1.06 bits per heavy atom. The molecule has 0 saturated carbocycles. The van der Waals surface area contributed by atoms with Crippen LogP contribution in [0.2, 0.25) is 0 Å². The molecule has 2 aromatic carbocycles. The number of likely N-dealkylation sites (tertiary alicyclic amines) is 1. The lowest BCUT2D eigenvalue weighted by atomic mass is 9.88. The maximum Gasteiger partial charge on any atom is 0.231 e. The summed E-state index contributed by atoms with van der Waals surface area (Å²) >= 11 is 0. The smallest absolute Gasteiger partial charge is 0.231 e. The molecule has 0 aromatic heterocycles. The van der Waals surface area contributed by atoms with E-state index >= 15 is 0 Å². The lowest BCUT2D eigenvalue weighted by Gasteiger charge is -2.39. The number of piperidine rings is 1. The van der Waals surface area contributed by atoms with Crippen molar-refractivity contribution in [3.63, 3.8) is 0 Å². The van der Waals surface area contributed by atoms with Gasteiger partial charge >= 0.3 is 0 Å². The van der Waals surface area contributed by atoms with E-state index in [-0.39, 0.29) is 0 Å². The number of hydrogen-bond acceptors (Lipinski definition) is 6. The van der Waals surface area contributed by atoms with Gasteiger partial charge in [-0.25, -0.2) is 0 Å². The largest absolute Gasteiger partial charge is 0.494 e. The van der Waals surface area contributed by atoms with Gasteiger partial charge in [-0.1, -0.05) is 19.4 Å². The van der Waals surface area contributed by atoms with Crippen LogP contribution < -0.4 is 19.1 Å². The molecule has 6 nitrogen and oxygen atoms in total. The van der Waals surface area contributed by atoms with E-state index in [1.165, 1.54) is 5.56 Å². The molecule has 180 valence electrons. The third kappa shape index (κ3) is 6.55. The SMILES string of the molecule is CCCCOc1ccc(N(C)CCC2(O)CCN(CCc3ccc4c(c3)OCO4)CC2)cc1. The Labute approximate surface area is 198 Å². The first kappa shape index (κ1) is 23.7. The van der Waals surface area contributed by atoms with Gasteiger partial charge in [-0.3, -0.25) is 0 Å². The van der Waals surface area contributed by atoms with Gasteiger partial charge in [0.25, 0.3) is 0 Å². The van der Waals surface area contributed by atoms with Crippen molar-refractivity contribution in [1.29, 1.82) is 0 Å². The van der Waals surface area contributed by atoms with Crippen LogP contribution in [0.3, 0.4) is 0 Å². The molecule has 0 radical (unpaired) electrons. The van der Waals surface area contributed by atoms with Gasteiger partial charge in [0.1, 0.15) is 5.75 Å². The normalized spacial score (nSPS) is 17.2. The Morgan fingerprint density at radius 2 is 1.82 bits per heavy atom. The third-order valence-corrected chi connectivity index (χ3v) is 6.90. The lowest BCUT2D eigenvalue weighted by Crippen LogP contribution is -2.46. The van der Waals surface area contributed by atoms with Crippen LogP contribution in [0, 0.1) is 0 Å². The number of unbranched alkanes of at least 4 members (excludes halogenated alkanes) is 1. The van der Waals surface area contributed by atoms with Crippen molar-refractivity contribution in [3.05, 3.63) is 48.0 Å². The molecule has 4 rings (SSSR count). The zero-order valence-corrected chi connectivity index (χ0v) is 20.1. The Bertz CT molecular complexity index is 878. The van der Waals surface area contributed by atoms with Gasteiger partial charge in [0, 0.05) is 38.9 Å². The summed E-state index contributed by atoms with van der Waals surface area (Å²) in [6.07, 6.45) is 5.64. The number of nitrogens with zero attached hydrogens (tertiary/aromatic N) is 2. The molecule has 6 heteroatoms. The van der Waals surface area contributed by atoms with E-state index in [9.17, 15) is 5.11 Å². The Morgan fingerprint density at radius 3 is 2.58 bits per heavy atom. The van der Waals surface area contributed by atoms with Crippen LogP contribution >= 0.6 is 0 Å². The fraction of sp³-hybridized carbons (Fsp3) is 0.556. The minimum atomic E-state index is -0.577. The summed E-state index contributed by atoms with van der Waals surface area (Å²) in [5.41, 5.74) is 1.85. The molecule has 1 saturated heterocycles. The average molecular weight is 455 g/mol. The molecule has 0 bridgehead atoms. The highest BCUT2D eigenvalue weighted by molar-refractivity contribution is 5.48. The van der Waals surface area contributed by atoms with Gasteiger partial charge in [0.05, 0.1) is 12.2 Å². The Kier molecular flexibility index (Phi) is 7.99. The highest BCUT2D eigenvalue weighted by Crippen LogP contribution is 2.33. The van der Waals surface area contributed by atoms with Crippen molar-refractivity contribution in [3.8, 4) is 17.2 Å². The van der Waals surface area contributed by atoms with Crippen molar-refractivity contribution in [2.75, 3.05) is 51.5 Å². The number of fused-ring (bicyclic) bond motifs is 1. The molecular weight excluding hydrogens is 416 g/mol. The fourth-order valence-corrected chi connectivity index (χ4v) is 4.46. The molecule has 2 aliphatic heterocycles. The van der Waals surface area contributed by atoms with Crippen LogP contribution in [0.4, 0.5) is 5.69 Å². The molecule has 0 spiro atoms. The van der Waals surface area contributed by atoms with E-state index in [4.69, 9.17) is 14.2 Å². The van der Waals surface area contributed by atoms with Crippen molar-refractivity contribution in [1.82, 2.24) is 4.90 Å². The monoisotopic (exact) mass is 454 g/mol. The molecule has 2 heterocycles. The molecule has 0 unspecified atom stereocenters. The minimum absolute atomic E-state index is 0.317. The molecule has 1 fully saturated rings. The van der Waals surface area contributed by atoms with E-state index in [1.54, 1.807) is 0 Å². The summed E-state index contributed by atoms with van der Waals surface area (Å²) in [6.45, 7) is 6.97. The van der Waals surface area contributed by atoms with Crippen molar-refractivity contribution >= 4 is 5.69 Å². The van der Waals surface area contributed by atoms with Gasteiger partial charge < -0.3 is 29.1 Å². The van der Waals surface area contributed by atoms with Crippen LogP contribution in [0.1, 0.15) is 44.6 Å². The standard InChI is InChI=1S/C27H38N2O4/c1-3-4-19-31-24-8-6-23(7-9-24)28(2)16-12-27(30)13-17-29(18-14-27)15-11-22-5-10-25-26(20-22)33-21-32-25/h5-10,20,30H,3-4,11-19,21H2,1-2H3. The van der Waals surface area contributed by atoms with E-state index in [0.29, 0.717) is 6.79 Å². The molecule has 1 N–H and O–H groups in total. The quantitative estimate of drug-likeness (QED) is 0.505. The number of anilines is 1. The van der Waals surface area contributed by atoms with Crippen LogP contribution in [-0.4, -0.2) is 62.2 Å². The zero-order valence-electron chi connectivity index (χ0n) is 20.1. The van der Waals surface area contributed by atoms with Crippen molar-refractivity contribution in [2.45, 2.75) is 51.0 Å². The number of benzene rings is 2. The predicted octanol–water partition coefficient (Wildman–Crippen LogP) is 4.49. The number of rotatable bonds is 11. The maximum absolute atomic E-state index is 11.1. The molecule has 0 amide bonds. The molecule has 33 heavy (non-hydrogen) atoms. The Hall–Kier alpha value is -2.44. The van der Waals surface area contributed by atoms with Crippen molar-refractivity contribution < 1.29 is 19.3 Å². The second-order valence-electron chi connectivity index (χ2n) is 9.37. The highest BCUT2D eigenvalue weighted by Gasteiger charge is 2.32. The van der Waals surface area contributed by atoms with Gasteiger partial charge in [0.2, 0.25) is 6.79 Å². The number of aliphatic hydroxyl groups is 1. The Balaban J connectivity index is 1.18. The van der Waals surface area contributed by atoms with E-state index in [0.717, 1.165) is 94.2 Å². The fourth-order valence-electron chi connectivity index (χ4n) is 4.46. The number of hydrogen-bond donors (Lipinski definition) is 1. The molecule has 2 aromatic rings. The molecular formula is C27H38N2O4. The van der Waals surface area contributed by atoms with E-state index < -0.39 is 5.60 Å². The molecule has 2 aliphatic rings. The second kappa shape index (κ2) is 11.1. The third-order valence-electron chi connectivity index (χ3n) is 6.90. The van der Waals surface area contributed by atoms with Crippen LogP contribution in [0.5, 0.6) is 17.2 Å². The molecule has 0 aliphatic carbocycles. The first-order chi connectivity index (χ1) is 16.0. The summed E-state index contributed by atoms with van der Waals surface area (Å²) in [5.74, 6) is 2.61. The summed E-state index contributed by atoms with van der Waals surface area (Å²) in [7, 11) is 2.09. The summed E-state index contributed by atoms with van der Waals surface area (Å²) in [5, 5.41) is 11.1. The van der Waals surface area contributed by atoms with Gasteiger partial charge in [-0.05, 0) is 74.1 Å². The highest BCUT2D eigenvalue weighted by atomic mass is 16.7. The number of ether oxygens (including phenoxy) is 3. The first-order valence-electron chi connectivity index (χ1n) is 12.3. The van der Waals surface area contributed by atoms with E-state index in [1.807, 2.05) is 18.2 Å². The molecule has 0 atom stereocenters. The zero-order chi connectivity index (χ0) is 23.1.